The molecule has 8 nitrogen and oxygen atoms in total. The molecule has 7 aliphatic rings. The number of hydrogen-bond donors (Lipinski definition) is 3. The number of aromatic hydroxyl groups is 1. The van der Waals surface area contributed by atoms with Crippen molar-refractivity contribution in [1.82, 2.24) is 10.2 Å². The van der Waals surface area contributed by atoms with E-state index in [0.717, 1.165) is 18.4 Å². The normalized spacial score (nSPS) is 34.4. The monoisotopic (exact) mass is 614 g/mol. The van der Waals surface area contributed by atoms with Crippen LogP contribution in [0, 0.1) is 18.8 Å². The number of amides is 3. The van der Waals surface area contributed by atoms with Crippen molar-refractivity contribution >= 4 is 29.5 Å². The Morgan fingerprint density at radius 3 is 2.64 bits per heavy atom. The molecule has 44 heavy (non-hydrogen) atoms. The van der Waals surface area contributed by atoms with Gasteiger partial charge in [-0.1, -0.05) is 49.1 Å². The van der Waals surface area contributed by atoms with Crippen molar-refractivity contribution in [2.75, 3.05) is 12.4 Å². The summed E-state index contributed by atoms with van der Waals surface area (Å²) in [5.41, 5.74) is 3.22. The number of quaternary nitrogens is 1. The molecule has 1 spiro atoms. The molecule has 5 aliphatic heterocycles. The van der Waals surface area contributed by atoms with Crippen molar-refractivity contribution in [3.8, 4) is 5.75 Å². The predicted octanol–water partition coefficient (Wildman–Crippen LogP) is 3.71. The topological polar surface area (TPSA) is 107 Å². The van der Waals surface area contributed by atoms with Crippen LogP contribution in [0.2, 0.25) is 0 Å². The summed E-state index contributed by atoms with van der Waals surface area (Å²) in [6.45, 7) is 10.8. The molecular formula is C35H40N3O5S+. The quantitative estimate of drug-likeness (QED) is 0.238. The Hall–Kier alpha value is -3.40. The van der Waals surface area contributed by atoms with E-state index in [2.05, 4.69) is 24.9 Å². The number of nitrogens with zero attached hydrogens (tertiary/aromatic N) is 2. The first kappa shape index (κ1) is 29.3. The number of benzene rings is 2. The van der Waals surface area contributed by atoms with Gasteiger partial charge in [0.25, 0.3) is 11.8 Å². The lowest BCUT2D eigenvalue weighted by Crippen LogP contribution is -2.97. The zero-order valence-corrected chi connectivity index (χ0v) is 26.2. The second-order valence-corrected chi connectivity index (χ2v) is 14.7. The first-order valence-corrected chi connectivity index (χ1v) is 16.5. The molecule has 0 radical (unpaired) electrons. The lowest BCUT2D eigenvalue weighted by Gasteiger charge is -2.79. The van der Waals surface area contributed by atoms with Crippen LogP contribution >= 0.6 is 11.8 Å². The summed E-state index contributed by atoms with van der Waals surface area (Å²) < 4.78 is 0.175. The molecule has 3 N–H and O–H groups in total. The minimum atomic E-state index is -1.55. The van der Waals surface area contributed by atoms with Gasteiger partial charge in [-0.15, -0.1) is 11.8 Å². The molecule has 4 unspecified atom stereocenters. The Morgan fingerprint density at radius 1 is 1.20 bits per heavy atom. The zero-order chi connectivity index (χ0) is 31.1. The van der Waals surface area contributed by atoms with E-state index in [1.165, 1.54) is 11.6 Å². The average molecular weight is 615 g/mol. The van der Waals surface area contributed by atoms with Crippen LogP contribution in [0.1, 0.15) is 48.2 Å². The van der Waals surface area contributed by atoms with Crippen molar-refractivity contribution < 1.29 is 29.1 Å². The van der Waals surface area contributed by atoms with Gasteiger partial charge in [-0.05, 0) is 63.3 Å². The molecule has 6 bridgehead atoms. The van der Waals surface area contributed by atoms with Crippen molar-refractivity contribution in [2.45, 2.75) is 75.1 Å². The standard InChI is InChI=1S/C35H39N3O5S/c1-5-19(2)17-38-28-24-14-15-35(27(28)29(24)38)31(21(4)34(38)43)37(18-44-35)33(42)30(40)25(16-22-10-7-6-8-11-22)36-32(41)23-12-9-13-26(39)20(23)3/h5-13,24-25,27-31,40H,4,14-18H2,1-3H3,(H-,36,39,41)/p+1/b19-5+/t24?,25?,27?,28?,29?,30-,31+,35?,38?/m0/s1. The highest BCUT2D eigenvalue weighted by molar-refractivity contribution is 8.01. The van der Waals surface area contributed by atoms with Crippen LogP contribution in [-0.4, -0.2) is 84.8 Å². The third-order valence-electron chi connectivity index (χ3n) is 11.4. The van der Waals surface area contributed by atoms with Crippen LogP contribution in [0.25, 0.3) is 0 Å². The van der Waals surface area contributed by atoms with E-state index in [-0.39, 0.29) is 40.5 Å². The maximum Gasteiger partial charge on any atom is 0.344 e. The molecule has 6 atom stereocenters. The predicted molar refractivity (Wildman–Crippen MR) is 169 cm³/mol. The van der Waals surface area contributed by atoms with Crippen molar-refractivity contribution in [2.24, 2.45) is 11.8 Å². The molecule has 9 rings (SSSR count). The summed E-state index contributed by atoms with van der Waals surface area (Å²) in [6.07, 6.45) is 2.74. The minimum Gasteiger partial charge on any atom is -0.508 e. The van der Waals surface area contributed by atoms with Crippen molar-refractivity contribution in [1.29, 1.82) is 0 Å². The molecular weight excluding hydrogens is 574 g/mol. The number of nitrogens with one attached hydrogen (secondary N) is 1. The van der Waals surface area contributed by atoms with Gasteiger partial charge in [0.1, 0.15) is 24.4 Å². The molecule has 2 aromatic rings. The van der Waals surface area contributed by atoms with E-state index < -0.39 is 30.0 Å². The lowest BCUT2D eigenvalue weighted by molar-refractivity contribution is -1.02. The molecule has 3 amide bonds. The van der Waals surface area contributed by atoms with Crippen LogP contribution in [0.4, 0.5) is 0 Å². The number of aliphatic hydroxyl groups excluding tert-OH is 1. The number of rotatable bonds is 8. The Balaban J connectivity index is 1.19. The minimum absolute atomic E-state index is 0.00300. The second kappa shape index (κ2) is 10.3. The highest BCUT2D eigenvalue weighted by Gasteiger charge is 2.91. The lowest BCUT2D eigenvalue weighted by atomic mass is 9.42. The van der Waals surface area contributed by atoms with E-state index in [4.69, 9.17) is 0 Å². The fraction of sp³-hybridized carbons (Fsp3) is 0.457. The average Bonchev–Trinajstić information content (AvgIpc) is 3.33. The number of allylic oxidation sites excluding steroid dienone is 1. The smallest absolute Gasteiger partial charge is 0.344 e. The molecule has 2 aliphatic carbocycles. The van der Waals surface area contributed by atoms with Crippen LogP contribution in [0.3, 0.4) is 0 Å². The Kier molecular flexibility index (Phi) is 6.88. The molecule has 2 saturated carbocycles. The third kappa shape index (κ3) is 3.82. The number of carbonyl (C=O) groups is 3. The molecule has 9 heteroatoms. The Morgan fingerprint density at radius 2 is 1.93 bits per heavy atom. The molecule has 2 aromatic carbocycles. The number of hydrogen-bond acceptors (Lipinski definition) is 6. The fourth-order valence-electron chi connectivity index (χ4n) is 9.30. The third-order valence-corrected chi connectivity index (χ3v) is 13.1. The van der Waals surface area contributed by atoms with Gasteiger partial charge in [0, 0.05) is 11.1 Å². The summed E-state index contributed by atoms with van der Waals surface area (Å²) in [7, 11) is 0. The van der Waals surface area contributed by atoms with Gasteiger partial charge in [0.2, 0.25) is 0 Å². The van der Waals surface area contributed by atoms with Gasteiger partial charge < -0.3 is 20.4 Å². The molecule has 0 aromatic heterocycles. The van der Waals surface area contributed by atoms with Gasteiger partial charge in [-0.25, -0.2) is 9.28 Å². The number of phenolic OH excluding ortho intramolecular Hbond substituents is 1. The number of thioether (sulfide) groups is 1. The zero-order valence-electron chi connectivity index (χ0n) is 25.4. The Labute approximate surface area is 262 Å². The summed E-state index contributed by atoms with van der Waals surface area (Å²) in [6, 6.07) is 13.3. The van der Waals surface area contributed by atoms with E-state index in [1.807, 2.05) is 37.3 Å². The van der Waals surface area contributed by atoms with E-state index in [9.17, 15) is 24.6 Å². The van der Waals surface area contributed by atoms with E-state index in [1.54, 1.807) is 35.7 Å². The van der Waals surface area contributed by atoms with Crippen molar-refractivity contribution in [3.05, 3.63) is 89.0 Å². The number of carbonyl (C=O) groups excluding carboxylic acids is 3. The second-order valence-electron chi connectivity index (χ2n) is 13.4. The summed E-state index contributed by atoms with van der Waals surface area (Å²) >= 11 is 1.76. The summed E-state index contributed by atoms with van der Waals surface area (Å²) in [5, 5.41) is 24.8. The highest BCUT2D eigenvalue weighted by atomic mass is 32.2. The molecule has 5 heterocycles. The van der Waals surface area contributed by atoms with Crippen LogP contribution in [-0.2, 0) is 16.0 Å². The van der Waals surface area contributed by atoms with Crippen LogP contribution < -0.4 is 5.32 Å². The number of fused-ring (bicyclic) bond motifs is 1. The van der Waals surface area contributed by atoms with Gasteiger partial charge in [-0.3, -0.25) is 9.59 Å². The summed E-state index contributed by atoms with van der Waals surface area (Å²) in [4.78, 5) is 43.7. The van der Waals surface area contributed by atoms with Gasteiger partial charge >= 0.3 is 5.91 Å². The van der Waals surface area contributed by atoms with E-state index >= 15 is 0 Å². The SMILES string of the molecule is C=C1C(=O)[N+]2(C/C(C)=C/C)C3C4CCC5(SCN(C(=O)[C@@H](O)C(Cc6ccccc6)NC(=O)c6cccc(O)c6C)[C@H]15)C3C42. The van der Waals surface area contributed by atoms with Gasteiger partial charge in [0.15, 0.2) is 6.10 Å². The number of aliphatic hydroxyl groups is 1. The van der Waals surface area contributed by atoms with Crippen LogP contribution in [0.5, 0.6) is 5.75 Å². The number of phenols is 1. The maximum absolute atomic E-state index is 14.3. The molecule has 230 valence electrons. The largest absolute Gasteiger partial charge is 0.508 e. The van der Waals surface area contributed by atoms with Crippen LogP contribution in [0.15, 0.2) is 72.3 Å². The van der Waals surface area contributed by atoms with Gasteiger partial charge in [0.05, 0.1) is 40.1 Å². The maximum atomic E-state index is 14.3. The van der Waals surface area contributed by atoms with Crippen molar-refractivity contribution in [3.63, 3.8) is 0 Å². The fourth-order valence-corrected chi connectivity index (χ4v) is 11.1. The van der Waals surface area contributed by atoms with Gasteiger partial charge in [-0.2, -0.15) is 0 Å². The van der Waals surface area contributed by atoms with E-state index in [0.29, 0.717) is 39.9 Å². The molecule has 5 saturated heterocycles. The molecule has 7 fully saturated rings. The first-order valence-electron chi connectivity index (χ1n) is 15.6. The summed E-state index contributed by atoms with van der Waals surface area (Å²) in [5.74, 6) is 0.357. The first-order chi connectivity index (χ1) is 21.1. The Bertz CT molecular complexity index is 1590. The highest BCUT2D eigenvalue weighted by Crippen LogP contribution is 2.76.